The number of benzene rings is 1. The summed E-state index contributed by atoms with van der Waals surface area (Å²) >= 11 is 0. The number of para-hydroxylation sites is 1. The minimum atomic E-state index is 0.618. The van der Waals surface area contributed by atoms with Crippen LogP contribution < -0.4 is 4.84 Å². The molecule has 54 valence electrons. The van der Waals surface area contributed by atoms with Crippen molar-refractivity contribution in [1.82, 2.24) is 5.23 Å². The van der Waals surface area contributed by atoms with Crippen LogP contribution in [0.25, 0.3) is 0 Å². The molecule has 0 aromatic heterocycles. The van der Waals surface area contributed by atoms with Gasteiger partial charge in [0.2, 0.25) is 0 Å². The van der Waals surface area contributed by atoms with Crippen molar-refractivity contribution >= 4 is 0 Å². The van der Waals surface area contributed by atoms with Crippen LogP contribution in [0.1, 0.15) is 0 Å². The molecule has 0 bridgehead atoms. The summed E-state index contributed by atoms with van der Waals surface area (Å²) in [4.78, 5) is 4.80. The molecule has 0 aliphatic heterocycles. The fraction of sp³-hybridized carbons (Fsp3) is 0.143. The molecule has 10 heavy (non-hydrogen) atoms. The monoisotopic (exact) mass is 139 g/mol. The maximum atomic E-state index is 8.62. The molecular formula is C7H9NO2. The van der Waals surface area contributed by atoms with E-state index in [1.54, 1.807) is 12.1 Å². The molecule has 3 heteroatoms. The molecule has 1 N–H and O–H groups in total. The van der Waals surface area contributed by atoms with Crippen LogP contribution in [0.4, 0.5) is 0 Å². The lowest BCUT2D eigenvalue weighted by atomic mass is 10.3. The van der Waals surface area contributed by atoms with E-state index in [9.17, 15) is 0 Å². The molecule has 1 rings (SSSR count). The summed E-state index contributed by atoms with van der Waals surface area (Å²) in [5.41, 5.74) is 0. The smallest absolute Gasteiger partial charge is 0.150 e. The summed E-state index contributed by atoms with van der Waals surface area (Å²) in [5, 5.41) is 9.28. The van der Waals surface area contributed by atoms with Gasteiger partial charge in [0, 0.05) is 0 Å². The Hall–Kier alpha value is -1.06. The first kappa shape index (κ1) is 7.05. The van der Waals surface area contributed by atoms with E-state index in [1.165, 1.54) is 7.05 Å². The van der Waals surface area contributed by atoms with E-state index >= 15 is 0 Å². The first-order valence-corrected chi connectivity index (χ1v) is 2.94. The topological polar surface area (TPSA) is 32.7 Å². The lowest BCUT2D eigenvalue weighted by Crippen LogP contribution is -2.16. The van der Waals surface area contributed by atoms with Crippen LogP contribution >= 0.6 is 0 Å². The van der Waals surface area contributed by atoms with Gasteiger partial charge in [-0.25, -0.2) is 0 Å². The van der Waals surface area contributed by atoms with Crippen LogP contribution in [0.5, 0.6) is 5.75 Å². The highest BCUT2D eigenvalue weighted by Crippen LogP contribution is 2.07. The van der Waals surface area contributed by atoms with Crippen molar-refractivity contribution in [2.24, 2.45) is 0 Å². The zero-order valence-electron chi connectivity index (χ0n) is 5.69. The molecule has 3 nitrogen and oxygen atoms in total. The molecule has 0 heterocycles. The Bertz CT molecular complexity index is 186. The molecule has 0 unspecified atom stereocenters. The van der Waals surface area contributed by atoms with Crippen molar-refractivity contribution in [2.75, 3.05) is 7.05 Å². The lowest BCUT2D eigenvalue weighted by molar-refractivity contribution is -0.262. The third kappa shape index (κ3) is 2.05. The zero-order valence-corrected chi connectivity index (χ0v) is 5.69. The van der Waals surface area contributed by atoms with E-state index in [-0.39, 0.29) is 0 Å². The predicted molar refractivity (Wildman–Crippen MR) is 36.6 cm³/mol. The SMILES string of the molecule is CN(O)Oc1ccccc1. The summed E-state index contributed by atoms with van der Waals surface area (Å²) in [5.74, 6) is 0.618. The van der Waals surface area contributed by atoms with Crippen molar-refractivity contribution in [3.8, 4) is 5.75 Å². The fourth-order valence-electron chi connectivity index (χ4n) is 0.634. The highest BCUT2D eigenvalue weighted by Gasteiger charge is 1.92. The molecule has 0 saturated heterocycles. The first-order chi connectivity index (χ1) is 4.79. The van der Waals surface area contributed by atoms with Crippen LogP contribution in [0, 0.1) is 0 Å². The number of nitrogens with zero attached hydrogens (tertiary/aromatic N) is 1. The number of hydrogen-bond acceptors (Lipinski definition) is 3. The molecule has 0 amide bonds. The number of hydroxylamine groups is 2. The van der Waals surface area contributed by atoms with Gasteiger partial charge in [-0.05, 0) is 17.4 Å². The second kappa shape index (κ2) is 3.20. The standard InChI is InChI=1S/C7H9NO2/c1-8(9)10-7-5-3-2-4-6-7/h2-6,9H,1H3. The average Bonchev–Trinajstić information content (AvgIpc) is 1.88. The summed E-state index contributed by atoms with van der Waals surface area (Å²) < 4.78 is 0. The minimum absolute atomic E-state index is 0.618. The molecule has 0 aliphatic rings. The highest BCUT2D eigenvalue weighted by molar-refractivity contribution is 5.20. The molecule has 0 aliphatic carbocycles. The Balaban J connectivity index is 2.59. The summed E-state index contributed by atoms with van der Waals surface area (Å²) in [6.07, 6.45) is 0. The van der Waals surface area contributed by atoms with Gasteiger partial charge in [0.25, 0.3) is 0 Å². The van der Waals surface area contributed by atoms with Crippen molar-refractivity contribution in [1.29, 1.82) is 0 Å². The quantitative estimate of drug-likeness (QED) is 0.627. The maximum Gasteiger partial charge on any atom is 0.150 e. The van der Waals surface area contributed by atoms with E-state index in [0.29, 0.717) is 11.0 Å². The number of rotatable bonds is 2. The Labute approximate surface area is 59.4 Å². The Kier molecular flexibility index (Phi) is 2.25. The van der Waals surface area contributed by atoms with Crippen LogP contribution in [0.3, 0.4) is 0 Å². The fourth-order valence-corrected chi connectivity index (χ4v) is 0.634. The van der Waals surface area contributed by atoms with E-state index in [1.807, 2.05) is 18.2 Å². The summed E-state index contributed by atoms with van der Waals surface area (Å²) in [6, 6.07) is 9.06. The van der Waals surface area contributed by atoms with Crippen LogP contribution in [0.2, 0.25) is 0 Å². The molecule has 0 saturated carbocycles. The largest absolute Gasteiger partial charge is 0.381 e. The van der Waals surface area contributed by atoms with Crippen LogP contribution in [-0.4, -0.2) is 17.5 Å². The molecule has 0 atom stereocenters. The van der Waals surface area contributed by atoms with Gasteiger partial charge in [0.05, 0.1) is 7.05 Å². The maximum absolute atomic E-state index is 8.62. The molecule has 0 fully saturated rings. The third-order valence-electron chi connectivity index (χ3n) is 0.981. The van der Waals surface area contributed by atoms with Gasteiger partial charge in [0.1, 0.15) is 0 Å². The Morgan fingerprint density at radius 1 is 1.30 bits per heavy atom. The lowest BCUT2D eigenvalue weighted by Gasteiger charge is -2.08. The van der Waals surface area contributed by atoms with E-state index in [2.05, 4.69) is 0 Å². The van der Waals surface area contributed by atoms with Gasteiger partial charge < -0.3 is 4.84 Å². The minimum Gasteiger partial charge on any atom is -0.381 e. The predicted octanol–water partition coefficient (Wildman–Crippen LogP) is 1.30. The molecule has 0 radical (unpaired) electrons. The van der Waals surface area contributed by atoms with E-state index in [0.717, 1.165) is 0 Å². The van der Waals surface area contributed by atoms with Crippen molar-refractivity contribution < 1.29 is 10.0 Å². The first-order valence-electron chi connectivity index (χ1n) is 2.94. The van der Waals surface area contributed by atoms with Crippen molar-refractivity contribution in [3.05, 3.63) is 30.3 Å². The number of hydrogen-bond donors (Lipinski definition) is 1. The van der Waals surface area contributed by atoms with Gasteiger partial charge in [-0.3, -0.25) is 5.21 Å². The van der Waals surface area contributed by atoms with Crippen molar-refractivity contribution in [2.45, 2.75) is 0 Å². The molecule has 1 aromatic carbocycles. The van der Waals surface area contributed by atoms with Gasteiger partial charge >= 0.3 is 0 Å². The van der Waals surface area contributed by atoms with E-state index < -0.39 is 0 Å². The summed E-state index contributed by atoms with van der Waals surface area (Å²) in [6.45, 7) is 0. The molecule has 1 aromatic rings. The zero-order chi connectivity index (χ0) is 7.40. The van der Waals surface area contributed by atoms with Gasteiger partial charge in [0.15, 0.2) is 5.75 Å². The second-order valence-corrected chi connectivity index (χ2v) is 1.87. The van der Waals surface area contributed by atoms with Gasteiger partial charge in [-0.2, -0.15) is 0 Å². The normalized spacial score (nSPS) is 9.90. The highest BCUT2D eigenvalue weighted by atomic mass is 16.9. The molecule has 0 spiro atoms. The van der Waals surface area contributed by atoms with Crippen LogP contribution in [-0.2, 0) is 0 Å². The Morgan fingerprint density at radius 3 is 2.40 bits per heavy atom. The third-order valence-corrected chi connectivity index (χ3v) is 0.981. The van der Waals surface area contributed by atoms with Gasteiger partial charge in [-0.15, -0.1) is 0 Å². The average molecular weight is 139 g/mol. The Morgan fingerprint density at radius 2 is 1.90 bits per heavy atom. The second-order valence-electron chi connectivity index (χ2n) is 1.87. The van der Waals surface area contributed by atoms with Gasteiger partial charge in [-0.1, -0.05) is 18.2 Å². The van der Waals surface area contributed by atoms with Crippen molar-refractivity contribution in [3.63, 3.8) is 0 Å². The molecular weight excluding hydrogens is 130 g/mol. The van der Waals surface area contributed by atoms with Crippen LogP contribution in [0.15, 0.2) is 30.3 Å². The van der Waals surface area contributed by atoms with E-state index in [4.69, 9.17) is 10.0 Å². The summed E-state index contributed by atoms with van der Waals surface area (Å²) in [7, 11) is 1.41.